The van der Waals surface area contributed by atoms with Crippen LogP contribution in [0.25, 0.3) is 0 Å². The molecule has 0 fully saturated rings. The van der Waals surface area contributed by atoms with Crippen LogP contribution in [0.2, 0.25) is 0 Å². The summed E-state index contributed by atoms with van der Waals surface area (Å²) in [6, 6.07) is 8.63. The Bertz CT molecular complexity index is 559. The standard InChI is InChI=1S/C12H11BrN4O/c13-10-4-3-8(6-11(10)14)12(18)15-7-9-2-1-5-16-17-9/h1-6H,7,14H2,(H,15,18). The maximum absolute atomic E-state index is 11.9. The number of nitrogens with two attached hydrogens (primary N) is 1. The number of carbonyl (C=O) groups excluding carboxylic acids is 1. The molecule has 0 radical (unpaired) electrons. The van der Waals surface area contributed by atoms with Crippen LogP contribution in [0.4, 0.5) is 5.69 Å². The van der Waals surface area contributed by atoms with E-state index in [0.29, 0.717) is 23.5 Å². The van der Waals surface area contributed by atoms with E-state index in [0.717, 1.165) is 4.47 Å². The average molecular weight is 307 g/mol. The molecule has 1 amide bonds. The van der Waals surface area contributed by atoms with Gasteiger partial charge in [-0.3, -0.25) is 4.79 Å². The number of rotatable bonds is 3. The van der Waals surface area contributed by atoms with Crippen LogP contribution < -0.4 is 11.1 Å². The molecule has 3 N–H and O–H groups in total. The minimum Gasteiger partial charge on any atom is -0.398 e. The molecule has 0 aliphatic heterocycles. The van der Waals surface area contributed by atoms with Crippen molar-refractivity contribution in [2.45, 2.75) is 6.54 Å². The van der Waals surface area contributed by atoms with Crippen molar-refractivity contribution in [1.82, 2.24) is 15.5 Å². The second kappa shape index (κ2) is 5.59. The van der Waals surface area contributed by atoms with Gasteiger partial charge >= 0.3 is 0 Å². The van der Waals surface area contributed by atoms with Crippen molar-refractivity contribution in [3.8, 4) is 0 Å². The normalized spacial score (nSPS) is 10.1. The lowest BCUT2D eigenvalue weighted by Crippen LogP contribution is -2.23. The highest BCUT2D eigenvalue weighted by Crippen LogP contribution is 2.20. The van der Waals surface area contributed by atoms with E-state index < -0.39 is 0 Å². The van der Waals surface area contributed by atoms with Gasteiger partial charge in [0.2, 0.25) is 0 Å². The van der Waals surface area contributed by atoms with Gasteiger partial charge in [-0.2, -0.15) is 10.2 Å². The first kappa shape index (κ1) is 12.5. The van der Waals surface area contributed by atoms with Gasteiger partial charge in [0.1, 0.15) is 0 Å². The summed E-state index contributed by atoms with van der Waals surface area (Å²) in [6.07, 6.45) is 1.58. The Morgan fingerprint density at radius 3 is 2.89 bits per heavy atom. The number of anilines is 1. The monoisotopic (exact) mass is 306 g/mol. The SMILES string of the molecule is Nc1cc(C(=O)NCc2cccnn2)ccc1Br. The zero-order valence-electron chi connectivity index (χ0n) is 9.43. The molecule has 92 valence electrons. The van der Waals surface area contributed by atoms with Crippen molar-refractivity contribution in [2.24, 2.45) is 0 Å². The van der Waals surface area contributed by atoms with Crippen LogP contribution in [0.1, 0.15) is 16.1 Å². The number of halogens is 1. The fourth-order valence-electron chi connectivity index (χ4n) is 1.39. The predicted octanol–water partition coefficient (Wildman–Crippen LogP) is 1.75. The van der Waals surface area contributed by atoms with Gasteiger partial charge in [-0.15, -0.1) is 0 Å². The second-order valence-corrected chi connectivity index (χ2v) is 4.49. The molecule has 1 heterocycles. The van der Waals surface area contributed by atoms with E-state index in [1.54, 1.807) is 36.5 Å². The molecule has 0 bridgehead atoms. The van der Waals surface area contributed by atoms with E-state index in [1.165, 1.54) is 0 Å². The van der Waals surface area contributed by atoms with Gasteiger partial charge < -0.3 is 11.1 Å². The number of hydrogen-bond acceptors (Lipinski definition) is 4. The molecule has 0 saturated carbocycles. The Hall–Kier alpha value is -1.95. The summed E-state index contributed by atoms with van der Waals surface area (Å²) in [4.78, 5) is 11.9. The molecule has 0 unspecified atom stereocenters. The van der Waals surface area contributed by atoms with E-state index in [2.05, 4.69) is 31.4 Å². The molecule has 6 heteroatoms. The number of hydrogen-bond donors (Lipinski definition) is 2. The fourth-order valence-corrected chi connectivity index (χ4v) is 1.63. The van der Waals surface area contributed by atoms with Gasteiger partial charge in [-0.05, 0) is 46.3 Å². The average Bonchev–Trinajstić information content (AvgIpc) is 2.40. The maximum atomic E-state index is 11.9. The molecule has 0 saturated heterocycles. The van der Waals surface area contributed by atoms with Crippen LogP contribution >= 0.6 is 15.9 Å². The summed E-state index contributed by atoms with van der Waals surface area (Å²) < 4.78 is 0.771. The number of amides is 1. The van der Waals surface area contributed by atoms with E-state index in [1.807, 2.05) is 0 Å². The summed E-state index contributed by atoms with van der Waals surface area (Å²) >= 11 is 3.28. The minimum atomic E-state index is -0.195. The highest BCUT2D eigenvalue weighted by molar-refractivity contribution is 9.10. The highest BCUT2D eigenvalue weighted by atomic mass is 79.9. The molecular formula is C12H11BrN4O. The van der Waals surface area contributed by atoms with Crippen LogP contribution in [-0.4, -0.2) is 16.1 Å². The molecule has 2 aromatic rings. The largest absolute Gasteiger partial charge is 0.398 e. The lowest BCUT2D eigenvalue weighted by molar-refractivity contribution is 0.0950. The minimum absolute atomic E-state index is 0.195. The Morgan fingerprint density at radius 1 is 1.39 bits per heavy atom. The number of benzene rings is 1. The topological polar surface area (TPSA) is 80.9 Å². The third kappa shape index (κ3) is 3.04. The van der Waals surface area contributed by atoms with E-state index >= 15 is 0 Å². The van der Waals surface area contributed by atoms with E-state index in [9.17, 15) is 4.79 Å². The van der Waals surface area contributed by atoms with Crippen LogP contribution in [0, 0.1) is 0 Å². The summed E-state index contributed by atoms with van der Waals surface area (Å²) in [5.74, 6) is -0.195. The summed E-state index contributed by atoms with van der Waals surface area (Å²) in [5.41, 5.74) is 7.46. The summed E-state index contributed by atoms with van der Waals surface area (Å²) in [6.45, 7) is 0.336. The van der Waals surface area contributed by atoms with Crippen molar-refractivity contribution in [3.63, 3.8) is 0 Å². The predicted molar refractivity (Wildman–Crippen MR) is 71.8 cm³/mol. The number of aromatic nitrogens is 2. The van der Waals surface area contributed by atoms with Crippen LogP contribution in [-0.2, 0) is 6.54 Å². The highest BCUT2D eigenvalue weighted by Gasteiger charge is 2.07. The summed E-state index contributed by atoms with van der Waals surface area (Å²) in [7, 11) is 0. The Kier molecular flexibility index (Phi) is 3.88. The zero-order chi connectivity index (χ0) is 13.0. The van der Waals surface area contributed by atoms with Gasteiger partial charge in [-0.25, -0.2) is 0 Å². The second-order valence-electron chi connectivity index (χ2n) is 3.63. The fraction of sp³-hybridized carbons (Fsp3) is 0.0833. The van der Waals surface area contributed by atoms with Gasteiger partial charge in [0, 0.05) is 21.9 Å². The van der Waals surface area contributed by atoms with Crippen molar-refractivity contribution in [2.75, 3.05) is 5.73 Å². The third-order valence-corrected chi connectivity index (χ3v) is 3.04. The van der Waals surface area contributed by atoms with E-state index in [4.69, 9.17) is 5.73 Å². The van der Waals surface area contributed by atoms with Crippen molar-refractivity contribution in [1.29, 1.82) is 0 Å². The third-order valence-electron chi connectivity index (χ3n) is 2.32. The number of nitrogen functional groups attached to an aromatic ring is 1. The first-order valence-electron chi connectivity index (χ1n) is 5.26. The quantitative estimate of drug-likeness (QED) is 0.847. The number of nitrogens with zero attached hydrogens (tertiary/aromatic N) is 2. The molecule has 0 atom stereocenters. The Balaban J connectivity index is 2.02. The smallest absolute Gasteiger partial charge is 0.251 e. The van der Waals surface area contributed by atoms with Crippen molar-refractivity contribution < 1.29 is 4.79 Å². The molecule has 18 heavy (non-hydrogen) atoms. The first-order chi connectivity index (χ1) is 8.66. The number of carbonyl (C=O) groups is 1. The molecule has 1 aromatic carbocycles. The molecule has 2 rings (SSSR count). The lowest BCUT2D eigenvalue weighted by Gasteiger charge is -2.05. The van der Waals surface area contributed by atoms with E-state index in [-0.39, 0.29) is 5.91 Å². The van der Waals surface area contributed by atoms with Crippen molar-refractivity contribution in [3.05, 3.63) is 52.3 Å². The van der Waals surface area contributed by atoms with Gasteiger partial charge in [0.25, 0.3) is 5.91 Å². The Morgan fingerprint density at radius 2 is 2.22 bits per heavy atom. The molecule has 1 aromatic heterocycles. The molecular weight excluding hydrogens is 296 g/mol. The maximum Gasteiger partial charge on any atom is 0.251 e. The lowest BCUT2D eigenvalue weighted by atomic mass is 10.2. The van der Waals surface area contributed by atoms with Crippen LogP contribution in [0.3, 0.4) is 0 Å². The Labute approximate surface area is 113 Å². The summed E-state index contributed by atoms with van der Waals surface area (Å²) in [5, 5.41) is 10.4. The van der Waals surface area contributed by atoms with Crippen LogP contribution in [0.5, 0.6) is 0 Å². The molecule has 5 nitrogen and oxygen atoms in total. The van der Waals surface area contributed by atoms with Gasteiger partial charge in [-0.1, -0.05) is 0 Å². The van der Waals surface area contributed by atoms with Crippen LogP contribution in [0.15, 0.2) is 41.0 Å². The molecule has 0 aliphatic rings. The molecule has 0 spiro atoms. The molecule has 0 aliphatic carbocycles. The van der Waals surface area contributed by atoms with Gasteiger partial charge in [0.15, 0.2) is 0 Å². The van der Waals surface area contributed by atoms with Crippen molar-refractivity contribution >= 4 is 27.5 Å². The first-order valence-corrected chi connectivity index (χ1v) is 6.06. The number of nitrogens with one attached hydrogen (secondary N) is 1. The zero-order valence-corrected chi connectivity index (χ0v) is 11.0. The van der Waals surface area contributed by atoms with Gasteiger partial charge in [0.05, 0.1) is 12.2 Å².